The minimum absolute atomic E-state index is 0.329. The molecule has 0 radical (unpaired) electrons. The molecule has 1 rings (SSSR count). The van der Waals surface area contributed by atoms with Crippen LogP contribution >= 0.6 is 0 Å². The van der Waals surface area contributed by atoms with E-state index >= 15 is 0 Å². The normalized spacial score (nSPS) is 18.1. The summed E-state index contributed by atoms with van der Waals surface area (Å²) < 4.78 is 24.5. The first-order chi connectivity index (χ1) is 4.29. The number of rotatable bonds is 2. The van der Waals surface area contributed by atoms with Crippen molar-refractivity contribution in [3.8, 4) is 0 Å². The maximum Gasteiger partial charge on any atom is 0.507 e. The Balaban J connectivity index is 2.29. The monoisotopic (exact) mass is 240 g/mol. The zero-order chi connectivity index (χ0) is 6.69. The molecule has 0 fully saturated rings. The van der Waals surface area contributed by atoms with Gasteiger partial charge in [0.05, 0.1) is 0 Å². The molecule has 0 unspecified atom stereocenters. The van der Waals surface area contributed by atoms with Crippen molar-refractivity contribution in [3.63, 3.8) is 0 Å². The lowest BCUT2D eigenvalue weighted by Crippen LogP contribution is -3.99. The van der Waals surface area contributed by atoms with Crippen molar-refractivity contribution in [2.75, 3.05) is 0 Å². The van der Waals surface area contributed by atoms with Crippen molar-refractivity contribution in [3.05, 3.63) is 24.3 Å². The summed E-state index contributed by atoms with van der Waals surface area (Å²) in [5, 5.41) is 0. The Morgan fingerprint density at radius 3 is 2.22 bits per heavy atom. The van der Waals surface area contributed by atoms with E-state index in [0.717, 1.165) is 0 Å². The molecule has 0 aromatic heterocycles. The molecule has 0 saturated heterocycles. The number of hydrogen-bond donors (Lipinski definition) is 0. The van der Waals surface area contributed by atoms with E-state index in [0.29, 0.717) is 0 Å². The molecule has 0 N–H and O–H groups in total. The molecule has 4 heteroatoms. The average Bonchev–Trinajstić information content (AvgIpc) is 2.15. The molecular formula is C5H5IO3. The predicted molar refractivity (Wildman–Crippen MR) is 23.2 cm³/mol. The van der Waals surface area contributed by atoms with Gasteiger partial charge in [0.15, 0.2) is 6.10 Å². The van der Waals surface area contributed by atoms with Crippen LogP contribution in [0, 0.1) is 0 Å². The molecule has 3 nitrogen and oxygen atoms in total. The van der Waals surface area contributed by atoms with Crippen LogP contribution < -0.4 is 27.9 Å². The fraction of sp³-hybridized carbons (Fsp3) is 0.200. The smallest absolute Gasteiger partial charge is 0.396 e. The van der Waals surface area contributed by atoms with Crippen LogP contribution in [0.3, 0.4) is 0 Å². The summed E-state index contributed by atoms with van der Waals surface area (Å²) in [4.78, 5) is 0. The highest BCUT2D eigenvalue weighted by molar-refractivity contribution is 5.18. The second kappa shape index (κ2) is 3.31. The number of halogens is 1. The molecule has 50 valence electrons. The average molecular weight is 240 g/mol. The third-order valence-electron chi connectivity index (χ3n) is 0.888. The van der Waals surface area contributed by atoms with E-state index in [2.05, 4.69) is 3.07 Å². The Hall–Kier alpha value is 0.0900. The highest BCUT2D eigenvalue weighted by Crippen LogP contribution is 1.98. The van der Waals surface area contributed by atoms with Gasteiger partial charge < -0.3 is 6.87 Å². The Bertz CT molecular complexity index is 129. The fourth-order valence-corrected chi connectivity index (χ4v) is 1.37. The highest BCUT2D eigenvalue weighted by Gasteiger charge is 2.19. The van der Waals surface area contributed by atoms with Crippen LogP contribution in [0.2, 0.25) is 0 Å². The zero-order valence-corrected chi connectivity index (χ0v) is 6.65. The van der Waals surface area contributed by atoms with Gasteiger partial charge in [-0.25, -0.2) is 0 Å². The Morgan fingerprint density at radius 2 is 1.78 bits per heavy atom. The van der Waals surface area contributed by atoms with E-state index in [1.165, 1.54) is 0 Å². The fourth-order valence-electron chi connectivity index (χ4n) is 0.555. The van der Waals surface area contributed by atoms with Gasteiger partial charge in [0.25, 0.3) is 0 Å². The first kappa shape index (κ1) is 7.20. The second-order valence-corrected chi connectivity index (χ2v) is 3.10. The quantitative estimate of drug-likeness (QED) is 0.458. The molecule has 0 spiro atoms. The van der Waals surface area contributed by atoms with Crippen LogP contribution in [0.5, 0.6) is 0 Å². The summed E-state index contributed by atoms with van der Waals surface area (Å²) in [6.07, 6.45) is 6.54. The van der Waals surface area contributed by atoms with Crippen molar-refractivity contribution in [2.24, 2.45) is 0 Å². The van der Waals surface area contributed by atoms with Gasteiger partial charge in [-0.3, -0.25) is 0 Å². The topological polar surface area (TPSA) is 55.3 Å². The highest BCUT2D eigenvalue weighted by atomic mass is 127. The molecule has 9 heavy (non-hydrogen) atoms. The molecule has 0 aromatic rings. The van der Waals surface area contributed by atoms with Crippen molar-refractivity contribution in [1.82, 2.24) is 0 Å². The molecule has 0 bridgehead atoms. The SMILES string of the molecule is [O-][I+2]([O-])OC1C=CC=C1. The van der Waals surface area contributed by atoms with Gasteiger partial charge in [-0.1, -0.05) is 12.2 Å². The Kier molecular flexibility index (Phi) is 2.65. The molecule has 0 saturated carbocycles. The summed E-state index contributed by atoms with van der Waals surface area (Å²) in [6.45, 7) is 0. The van der Waals surface area contributed by atoms with Crippen LogP contribution in [0.4, 0.5) is 0 Å². The van der Waals surface area contributed by atoms with Crippen molar-refractivity contribution in [2.45, 2.75) is 6.10 Å². The van der Waals surface area contributed by atoms with E-state index in [4.69, 9.17) is 0 Å². The molecular weight excluding hydrogens is 235 g/mol. The van der Waals surface area contributed by atoms with Crippen molar-refractivity contribution in [1.29, 1.82) is 0 Å². The minimum Gasteiger partial charge on any atom is -0.396 e. The first-order valence-electron chi connectivity index (χ1n) is 2.37. The van der Waals surface area contributed by atoms with E-state index in [-0.39, 0.29) is 6.10 Å². The minimum atomic E-state index is -3.47. The van der Waals surface area contributed by atoms with E-state index < -0.39 is 21.1 Å². The summed E-state index contributed by atoms with van der Waals surface area (Å²) in [7, 11) is 0. The van der Waals surface area contributed by atoms with Gasteiger partial charge >= 0.3 is 21.1 Å². The summed E-state index contributed by atoms with van der Waals surface area (Å²) >= 11 is -3.47. The number of hydrogen-bond acceptors (Lipinski definition) is 3. The maximum absolute atomic E-state index is 9.99. The van der Waals surface area contributed by atoms with Crippen molar-refractivity contribution < 1.29 is 31.0 Å². The Morgan fingerprint density at radius 1 is 1.22 bits per heavy atom. The van der Waals surface area contributed by atoms with Gasteiger partial charge in [-0.05, 0) is 15.2 Å². The molecule has 0 amide bonds. The van der Waals surface area contributed by atoms with Crippen molar-refractivity contribution >= 4 is 0 Å². The largest absolute Gasteiger partial charge is 0.507 e. The first-order valence-corrected chi connectivity index (χ1v) is 5.01. The standard InChI is InChI=1S/C5H5IO3/c7-6(8)9-5-3-1-2-4-5/h1-5H. The lowest BCUT2D eigenvalue weighted by atomic mass is 10.4. The van der Waals surface area contributed by atoms with Crippen LogP contribution in [0.1, 0.15) is 0 Å². The summed E-state index contributed by atoms with van der Waals surface area (Å²) in [6, 6.07) is 0. The molecule has 1 aliphatic carbocycles. The van der Waals surface area contributed by atoms with E-state index in [1.807, 2.05) is 0 Å². The lowest BCUT2D eigenvalue weighted by molar-refractivity contribution is -1.63. The summed E-state index contributed by atoms with van der Waals surface area (Å²) in [5.74, 6) is 0. The molecule has 1 aliphatic rings. The molecule has 0 aromatic carbocycles. The van der Waals surface area contributed by atoms with Gasteiger partial charge in [0.2, 0.25) is 0 Å². The lowest BCUT2D eigenvalue weighted by Gasteiger charge is -1.93. The van der Waals surface area contributed by atoms with Gasteiger partial charge in [-0.15, -0.1) is 0 Å². The van der Waals surface area contributed by atoms with Crippen LogP contribution in [0.25, 0.3) is 0 Å². The third kappa shape index (κ3) is 2.44. The molecule has 0 atom stereocenters. The van der Waals surface area contributed by atoms with Gasteiger partial charge in [0.1, 0.15) is 0 Å². The van der Waals surface area contributed by atoms with E-state index in [1.54, 1.807) is 24.3 Å². The zero-order valence-electron chi connectivity index (χ0n) is 4.49. The predicted octanol–water partition coefficient (Wildman–Crippen LogP) is -4.41. The van der Waals surface area contributed by atoms with E-state index in [9.17, 15) is 6.87 Å². The Labute approximate surface area is 61.7 Å². The van der Waals surface area contributed by atoms with Crippen LogP contribution in [-0.2, 0) is 3.07 Å². The molecule has 0 aliphatic heterocycles. The molecule has 0 heterocycles. The van der Waals surface area contributed by atoms with Gasteiger partial charge in [0, 0.05) is 0 Å². The van der Waals surface area contributed by atoms with Gasteiger partial charge in [-0.2, -0.15) is 0 Å². The number of allylic oxidation sites excluding steroid dienone is 2. The third-order valence-corrected chi connectivity index (χ3v) is 1.89. The second-order valence-electron chi connectivity index (χ2n) is 1.51. The van der Waals surface area contributed by atoms with Crippen LogP contribution in [-0.4, -0.2) is 6.10 Å². The maximum atomic E-state index is 9.99. The summed E-state index contributed by atoms with van der Waals surface area (Å²) in [5.41, 5.74) is 0. The van der Waals surface area contributed by atoms with Crippen LogP contribution in [0.15, 0.2) is 24.3 Å².